The number of hydrogen-bond acceptors (Lipinski definition) is 3. The van der Waals surface area contributed by atoms with E-state index in [-0.39, 0.29) is 12.1 Å². The van der Waals surface area contributed by atoms with E-state index in [0.717, 1.165) is 18.9 Å². The zero-order valence-electron chi connectivity index (χ0n) is 12.2. The highest BCUT2D eigenvalue weighted by Gasteiger charge is 2.38. The summed E-state index contributed by atoms with van der Waals surface area (Å²) in [6.45, 7) is 5.90. The summed E-state index contributed by atoms with van der Waals surface area (Å²) in [5.41, 5.74) is 1.21. The molecular formula is C16H25NO2. The minimum atomic E-state index is 0.216. The average molecular weight is 263 g/mol. The summed E-state index contributed by atoms with van der Waals surface area (Å²) in [7, 11) is 1.73. The van der Waals surface area contributed by atoms with Crippen molar-refractivity contribution in [3.05, 3.63) is 29.8 Å². The first-order chi connectivity index (χ1) is 9.31. The molecule has 0 saturated heterocycles. The number of benzene rings is 1. The molecule has 1 aromatic carbocycles. The molecule has 0 aromatic heterocycles. The van der Waals surface area contributed by atoms with Gasteiger partial charge in [-0.05, 0) is 38.3 Å². The molecule has 19 heavy (non-hydrogen) atoms. The first-order valence-corrected chi connectivity index (χ1v) is 7.29. The molecule has 0 radical (unpaired) electrons. The van der Waals surface area contributed by atoms with Gasteiger partial charge >= 0.3 is 0 Å². The molecule has 0 heterocycles. The molecule has 0 bridgehead atoms. The number of nitrogens with one attached hydrogen (secondary N) is 1. The van der Waals surface area contributed by atoms with Crippen molar-refractivity contribution < 1.29 is 9.47 Å². The standard InChI is InChI=1S/C16H25NO2/c1-4-17-15(16(19-5-2)12-10-11-12)13-8-6-7-9-14(13)18-3/h6-9,12,15-17H,4-5,10-11H2,1-3H3. The number of para-hydroxylation sites is 1. The van der Waals surface area contributed by atoms with Crippen LogP contribution in [0.1, 0.15) is 38.3 Å². The van der Waals surface area contributed by atoms with Gasteiger partial charge in [0.05, 0.1) is 19.3 Å². The van der Waals surface area contributed by atoms with Crippen LogP contribution in [0.15, 0.2) is 24.3 Å². The Morgan fingerprint density at radius 1 is 1.26 bits per heavy atom. The molecule has 2 atom stereocenters. The molecule has 0 amide bonds. The molecule has 0 spiro atoms. The third-order valence-corrected chi connectivity index (χ3v) is 3.67. The maximum atomic E-state index is 6.02. The summed E-state index contributed by atoms with van der Waals surface area (Å²) in [5, 5.41) is 3.57. The van der Waals surface area contributed by atoms with Crippen molar-refractivity contribution in [2.75, 3.05) is 20.3 Å². The van der Waals surface area contributed by atoms with Gasteiger partial charge in [-0.2, -0.15) is 0 Å². The summed E-state index contributed by atoms with van der Waals surface area (Å²) in [5.74, 6) is 1.63. The zero-order chi connectivity index (χ0) is 13.7. The Bertz CT molecular complexity index is 390. The van der Waals surface area contributed by atoms with E-state index in [2.05, 4.69) is 31.3 Å². The average Bonchev–Trinajstić information content (AvgIpc) is 3.27. The van der Waals surface area contributed by atoms with Gasteiger partial charge in [-0.15, -0.1) is 0 Å². The molecule has 1 aliphatic rings. The van der Waals surface area contributed by atoms with Crippen molar-refractivity contribution in [3.63, 3.8) is 0 Å². The van der Waals surface area contributed by atoms with E-state index in [9.17, 15) is 0 Å². The van der Waals surface area contributed by atoms with Crippen molar-refractivity contribution in [2.45, 2.75) is 38.8 Å². The summed E-state index contributed by atoms with van der Waals surface area (Å²) in [6, 6.07) is 8.46. The monoisotopic (exact) mass is 263 g/mol. The van der Waals surface area contributed by atoms with Crippen LogP contribution in [-0.2, 0) is 4.74 Å². The molecule has 2 unspecified atom stereocenters. The fourth-order valence-corrected chi connectivity index (χ4v) is 2.67. The topological polar surface area (TPSA) is 30.5 Å². The second kappa shape index (κ2) is 6.92. The summed E-state index contributed by atoms with van der Waals surface area (Å²) in [6.07, 6.45) is 2.81. The van der Waals surface area contributed by atoms with E-state index in [0.29, 0.717) is 5.92 Å². The molecule has 3 nitrogen and oxygen atoms in total. The SMILES string of the molecule is CCNC(c1ccccc1OC)C(OCC)C1CC1. The largest absolute Gasteiger partial charge is 0.496 e. The van der Waals surface area contributed by atoms with Crippen LogP contribution >= 0.6 is 0 Å². The fraction of sp³-hybridized carbons (Fsp3) is 0.625. The number of likely N-dealkylation sites (N-methyl/N-ethyl adjacent to an activating group) is 1. The van der Waals surface area contributed by atoms with Crippen LogP contribution in [0.2, 0.25) is 0 Å². The summed E-state index contributed by atoms with van der Waals surface area (Å²) in [4.78, 5) is 0. The van der Waals surface area contributed by atoms with Crippen LogP contribution in [-0.4, -0.2) is 26.4 Å². The van der Waals surface area contributed by atoms with Crippen molar-refractivity contribution in [1.29, 1.82) is 0 Å². The van der Waals surface area contributed by atoms with E-state index < -0.39 is 0 Å². The Balaban J connectivity index is 2.26. The molecule has 1 saturated carbocycles. The lowest BCUT2D eigenvalue weighted by Crippen LogP contribution is -2.35. The first kappa shape index (κ1) is 14.4. The van der Waals surface area contributed by atoms with Gasteiger partial charge in [0.25, 0.3) is 0 Å². The highest BCUT2D eigenvalue weighted by Crippen LogP contribution is 2.41. The van der Waals surface area contributed by atoms with E-state index in [1.54, 1.807) is 7.11 Å². The number of rotatable bonds is 8. The van der Waals surface area contributed by atoms with Crippen LogP contribution in [0.4, 0.5) is 0 Å². The molecule has 1 N–H and O–H groups in total. The summed E-state index contributed by atoms with van der Waals surface area (Å²) < 4.78 is 11.5. The predicted octanol–water partition coefficient (Wildman–Crippen LogP) is 3.16. The van der Waals surface area contributed by atoms with Gasteiger partial charge in [0.15, 0.2) is 0 Å². The lowest BCUT2D eigenvalue weighted by Gasteiger charge is -2.29. The second-order valence-electron chi connectivity index (χ2n) is 5.03. The summed E-state index contributed by atoms with van der Waals surface area (Å²) >= 11 is 0. The highest BCUT2D eigenvalue weighted by molar-refractivity contribution is 5.37. The molecule has 3 heteroatoms. The second-order valence-corrected chi connectivity index (χ2v) is 5.03. The third-order valence-electron chi connectivity index (χ3n) is 3.67. The Morgan fingerprint density at radius 3 is 2.58 bits per heavy atom. The molecule has 106 valence electrons. The van der Waals surface area contributed by atoms with Crippen molar-refractivity contribution in [1.82, 2.24) is 5.32 Å². The van der Waals surface area contributed by atoms with Crippen LogP contribution in [0.5, 0.6) is 5.75 Å². The van der Waals surface area contributed by atoms with Gasteiger partial charge in [0.2, 0.25) is 0 Å². The highest BCUT2D eigenvalue weighted by atomic mass is 16.5. The molecule has 2 rings (SSSR count). The van der Waals surface area contributed by atoms with Gasteiger partial charge in [-0.3, -0.25) is 0 Å². The van der Waals surface area contributed by atoms with Crippen LogP contribution in [0.25, 0.3) is 0 Å². The molecule has 1 fully saturated rings. The van der Waals surface area contributed by atoms with Crippen molar-refractivity contribution in [3.8, 4) is 5.75 Å². The Hall–Kier alpha value is -1.06. The maximum absolute atomic E-state index is 6.02. The van der Waals surface area contributed by atoms with Gasteiger partial charge in [0, 0.05) is 12.2 Å². The minimum Gasteiger partial charge on any atom is -0.496 e. The third kappa shape index (κ3) is 3.48. The minimum absolute atomic E-state index is 0.216. The Kier molecular flexibility index (Phi) is 5.23. The van der Waals surface area contributed by atoms with E-state index in [1.807, 2.05) is 12.1 Å². The van der Waals surface area contributed by atoms with Crippen LogP contribution in [0.3, 0.4) is 0 Å². The van der Waals surface area contributed by atoms with Gasteiger partial charge < -0.3 is 14.8 Å². The van der Waals surface area contributed by atoms with Gasteiger partial charge in [-0.1, -0.05) is 25.1 Å². The smallest absolute Gasteiger partial charge is 0.123 e. The van der Waals surface area contributed by atoms with Gasteiger partial charge in [-0.25, -0.2) is 0 Å². The Morgan fingerprint density at radius 2 is 2.00 bits per heavy atom. The molecule has 1 aromatic rings. The van der Waals surface area contributed by atoms with E-state index >= 15 is 0 Å². The first-order valence-electron chi connectivity index (χ1n) is 7.29. The lowest BCUT2D eigenvalue weighted by atomic mass is 9.97. The Labute approximate surface area is 116 Å². The number of hydrogen-bond donors (Lipinski definition) is 1. The van der Waals surface area contributed by atoms with Crippen molar-refractivity contribution >= 4 is 0 Å². The normalized spacial score (nSPS) is 18.1. The van der Waals surface area contributed by atoms with E-state index in [1.165, 1.54) is 18.4 Å². The number of methoxy groups -OCH3 is 1. The quantitative estimate of drug-likeness (QED) is 0.781. The van der Waals surface area contributed by atoms with Crippen LogP contribution in [0, 0.1) is 5.92 Å². The van der Waals surface area contributed by atoms with Crippen molar-refractivity contribution in [2.24, 2.45) is 5.92 Å². The number of ether oxygens (including phenoxy) is 2. The zero-order valence-corrected chi connectivity index (χ0v) is 12.2. The molecule has 1 aliphatic carbocycles. The predicted molar refractivity (Wildman–Crippen MR) is 77.5 cm³/mol. The van der Waals surface area contributed by atoms with E-state index in [4.69, 9.17) is 9.47 Å². The van der Waals surface area contributed by atoms with Gasteiger partial charge in [0.1, 0.15) is 5.75 Å². The maximum Gasteiger partial charge on any atom is 0.123 e. The fourth-order valence-electron chi connectivity index (χ4n) is 2.67. The molecule has 0 aliphatic heterocycles. The lowest BCUT2D eigenvalue weighted by molar-refractivity contribution is 0.0184. The van der Waals surface area contributed by atoms with Crippen LogP contribution < -0.4 is 10.1 Å². The molecular weight excluding hydrogens is 238 g/mol.